The number of ketones is 1. The van der Waals surface area contributed by atoms with Crippen molar-refractivity contribution in [1.82, 2.24) is 4.90 Å². The summed E-state index contributed by atoms with van der Waals surface area (Å²) in [6, 6.07) is 9.15. The van der Waals surface area contributed by atoms with Crippen molar-refractivity contribution in [3.63, 3.8) is 0 Å². The van der Waals surface area contributed by atoms with Crippen molar-refractivity contribution in [2.24, 2.45) is 11.8 Å². The Bertz CT molecular complexity index is 1000. The Morgan fingerprint density at radius 3 is 2.61 bits per heavy atom. The maximum atomic E-state index is 13.2. The molecule has 0 aliphatic carbocycles. The lowest BCUT2D eigenvalue weighted by molar-refractivity contribution is -0.218. The Hall–Kier alpha value is -2.15. The largest absolute Gasteiger partial charge is 0.447 e. The van der Waals surface area contributed by atoms with Crippen molar-refractivity contribution in [3.8, 4) is 0 Å². The summed E-state index contributed by atoms with van der Waals surface area (Å²) in [6.45, 7) is 5.88. The van der Waals surface area contributed by atoms with Gasteiger partial charge in [-0.15, -0.1) is 0 Å². The highest BCUT2D eigenvalue weighted by atomic mass is 79.9. The summed E-state index contributed by atoms with van der Waals surface area (Å²) in [6.07, 6.45) is -0.892. The molecule has 0 bridgehead atoms. The van der Waals surface area contributed by atoms with Crippen LogP contribution in [0.4, 0.5) is 4.79 Å². The van der Waals surface area contributed by atoms with Crippen LogP contribution in [0.5, 0.6) is 0 Å². The summed E-state index contributed by atoms with van der Waals surface area (Å²) < 4.78 is 22.3. The minimum Gasteiger partial charge on any atom is -0.447 e. The van der Waals surface area contributed by atoms with Gasteiger partial charge in [0.25, 0.3) is 0 Å². The molecule has 210 valence electrons. The SMILES string of the molecule is CC(C)[C@H]1COC(=O)N1C(=O)[C@@H](C)[C@H]1O[C@](O)(CCCOC[C@@H](CO)OCc2ccccc2)C(Br)=CC1=O. The van der Waals surface area contributed by atoms with E-state index in [1.165, 1.54) is 13.0 Å². The number of aliphatic hydroxyl groups excluding tert-OH is 1. The monoisotopic (exact) mass is 597 g/mol. The first-order valence-corrected chi connectivity index (χ1v) is 13.5. The second-order valence-electron chi connectivity index (χ2n) is 9.88. The first-order valence-electron chi connectivity index (χ1n) is 12.7. The second kappa shape index (κ2) is 13.8. The number of imide groups is 1. The molecule has 1 fully saturated rings. The van der Waals surface area contributed by atoms with Crippen LogP contribution in [0, 0.1) is 11.8 Å². The highest BCUT2D eigenvalue weighted by molar-refractivity contribution is 9.11. The zero-order chi connectivity index (χ0) is 27.9. The first-order chi connectivity index (χ1) is 18.1. The first kappa shape index (κ1) is 30.4. The number of carbonyl (C=O) groups is 3. The summed E-state index contributed by atoms with van der Waals surface area (Å²) in [4.78, 5) is 39.1. The Morgan fingerprint density at radius 1 is 1.24 bits per heavy atom. The van der Waals surface area contributed by atoms with Gasteiger partial charge in [-0.25, -0.2) is 9.69 Å². The van der Waals surface area contributed by atoms with Crippen molar-refractivity contribution in [1.29, 1.82) is 0 Å². The molecule has 0 saturated carbocycles. The lowest BCUT2D eigenvalue weighted by Gasteiger charge is -2.38. The van der Waals surface area contributed by atoms with Gasteiger partial charge in [0.1, 0.15) is 18.8 Å². The van der Waals surface area contributed by atoms with Gasteiger partial charge in [-0.05, 0) is 39.9 Å². The van der Waals surface area contributed by atoms with E-state index >= 15 is 0 Å². The molecule has 38 heavy (non-hydrogen) atoms. The van der Waals surface area contributed by atoms with Crippen LogP contribution in [0.2, 0.25) is 0 Å². The normalized spacial score (nSPS) is 25.3. The van der Waals surface area contributed by atoms with Crippen LogP contribution in [0.3, 0.4) is 0 Å². The summed E-state index contributed by atoms with van der Waals surface area (Å²) in [5.74, 6) is -3.98. The Kier molecular flexibility index (Phi) is 11.0. The molecule has 0 spiro atoms. The third-order valence-corrected chi connectivity index (χ3v) is 7.49. The number of benzene rings is 1. The predicted molar refractivity (Wildman–Crippen MR) is 140 cm³/mol. The van der Waals surface area contributed by atoms with E-state index in [9.17, 15) is 24.6 Å². The predicted octanol–water partition coefficient (Wildman–Crippen LogP) is 2.94. The van der Waals surface area contributed by atoms with Gasteiger partial charge in [0.2, 0.25) is 5.91 Å². The van der Waals surface area contributed by atoms with Crippen LogP contribution < -0.4 is 0 Å². The van der Waals surface area contributed by atoms with Crippen molar-refractivity contribution < 1.29 is 43.5 Å². The van der Waals surface area contributed by atoms with Gasteiger partial charge in [0.05, 0.1) is 36.3 Å². The zero-order valence-corrected chi connectivity index (χ0v) is 23.5. The summed E-state index contributed by atoms with van der Waals surface area (Å²) in [5.41, 5.74) is 0.984. The van der Waals surface area contributed by atoms with Gasteiger partial charge in [-0.2, -0.15) is 0 Å². The van der Waals surface area contributed by atoms with Crippen LogP contribution >= 0.6 is 15.9 Å². The van der Waals surface area contributed by atoms with Gasteiger partial charge in [0, 0.05) is 13.0 Å². The van der Waals surface area contributed by atoms with E-state index in [1.807, 2.05) is 44.2 Å². The number of aliphatic hydroxyl groups is 2. The quantitative estimate of drug-likeness (QED) is 0.329. The average Bonchev–Trinajstić information content (AvgIpc) is 3.29. The summed E-state index contributed by atoms with van der Waals surface area (Å²) in [7, 11) is 0. The van der Waals surface area contributed by atoms with E-state index in [0.717, 1.165) is 10.5 Å². The van der Waals surface area contributed by atoms with Gasteiger partial charge in [-0.3, -0.25) is 9.59 Å². The minimum absolute atomic E-state index is 0.0271. The Morgan fingerprint density at radius 2 is 1.95 bits per heavy atom. The van der Waals surface area contributed by atoms with E-state index in [0.29, 0.717) is 13.0 Å². The molecule has 0 radical (unpaired) electrons. The Labute approximate surface area is 231 Å². The molecule has 0 unspecified atom stereocenters. The van der Waals surface area contributed by atoms with Gasteiger partial charge >= 0.3 is 6.09 Å². The molecular formula is C27H36BrNO9. The molecule has 0 aromatic heterocycles. The number of amides is 2. The molecular weight excluding hydrogens is 562 g/mol. The highest BCUT2D eigenvalue weighted by Gasteiger charge is 2.48. The summed E-state index contributed by atoms with van der Waals surface area (Å²) >= 11 is 3.22. The van der Waals surface area contributed by atoms with Crippen LogP contribution in [0.1, 0.15) is 39.2 Å². The number of halogens is 1. The fraction of sp³-hybridized carbons (Fsp3) is 0.593. The number of rotatable bonds is 13. The number of ether oxygens (including phenoxy) is 4. The molecule has 2 N–H and O–H groups in total. The number of hydrogen-bond donors (Lipinski definition) is 2. The molecule has 5 atom stereocenters. The van der Waals surface area contributed by atoms with E-state index in [2.05, 4.69) is 15.9 Å². The third-order valence-electron chi connectivity index (χ3n) is 6.64. The van der Waals surface area contributed by atoms with Gasteiger partial charge in [0.15, 0.2) is 11.6 Å². The topological polar surface area (TPSA) is 132 Å². The van der Waals surface area contributed by atoms with E-state index < -0.39 is 47.7 Å². The molecule has 2 amide bonds. The number of cyclic esters (lactones) is 1. The lowest BCUT2D eigenvalue weighted by atomic mass is 9.93. The molecule has 11 heteroatoms. The molecule has 2 aliphatic rings. The van der Waals surface area contributed by atoms with E-state index in [4.69, 9.17) is 18.9 Å². The number of hydrogen-bond acceptors (Lipinski definition) is 9. The smallest absolute Gasteiger partial charge is 0.416 e. The van der Waals surface area contributed by atoms with E-state index in [-0.39, 0.29) is 43.2 Å². The number of nitrogens with zero attached hydrogens (tertiary/aromatic N) is 1. The fourth-order valence-electron chi connectivity index (χ4n) is 4.27. The second-order valence-corrected chi connectivity index (χ2v) is 10.7. The molecule has 2 heterocycles. The van der Waals surface area contributed by atoms with Gasteiger partial charge < -0.3 is 29.2 Å². The standard InChI is InChI=1S/C27H36BrNO9/c1-17(2)21-16-37-26(33)29(21)25(32)18(3)24-22(31)12-23(28)27(34,38-24)10-7-11-35-15-20(13-30)36-14-19-8-5-4-6-9-19/h4-6,8-9,12,17-18,20-21,24,30,34H,7,10-11,13-16H2,1-3H3/t18-,20+,21+,24+,27+/m0/s1. The maximum absolute atomic E-state index is 13.2. The van der Waals surface area contributed by atoms with Crippen LogP contribution in [0.15, 0.2) is 40.9 Å². The Balaban J connectivity index is 1.51. The maximum Gasteiger partial charge on any atom is 0.416 e. The fourth-order valence-corrected chi connectivity index (χ4v) is 4.79. The highest BCUT2D eigenvalue weighted by Crippen LogP contribution is 2.37. The van der Waals surface area contributed by atoms with Crippen LogP contribution in [-0.4, -0.2) is 83.4 Å². The molecule has 3 rings (SSSR count). The van der Waals surface area contributed by atoms with Crippen LogP contribution in [-0.2, 0) is 35.1 Å². The number of carbonyl (C=O) groups excluding carboxylic acids is 3. The minimum atomic E-state index is -1.85. The molecule has 10 nitrogen and oxygen atoms in total. The van der Waals surface area contributed by atoms with Crippen molar-refractivity contribution >= 4 is 33.7 Å². The molecule has 1 aromatic carbocycles. The third kappa shape index (κ3) is 7.49. The van der Waals surface area contributed by atoms with Crippen molar-refractivity contribution in [2.45, 2.75) is 64.3 Å². The van der Waals surface area contributed by atoms with Gasteiger partial charge in [-0.1, -0.05) is 51.1 Å². The average molecular weight is 598 g/mol. The van der Waals surface area contributed by atoms with Crippen molar-refractivity contribution in [2.75, 3.05) is 26.4 Å². The lowest BCUT2D eigenvalue weighted by Crippen LogP contribution is -2.52. The summed E-state index contributed by atoms with van der Waals surface area (Å²) in [5, 5.41) is 20.7. The van der Waals surface area contributed by atoms with Crippen molar-refractivity contribution in [3.05, 3.63) is 46.5 Å². The molecule has 1 saturated heterocycles. The van der Waals surface area contributed by atoms with E-state index in [1.54, 1.807) is 0 Å². The zero-order valence-electron chi connectivity index (χ0n) is 21.9. The molecule has 2 aliphatic heterocycles. The molecule has 1 aromatic rings. The van der Waals surface area contributed by atoms with Crippen LogP contribution in [0.25, 0.3) is 0 Å².